The monoisotopic (exact) mass is 537 g/mol. The summed E-state index contributed by atoms with van der Waals surface area (Å²) in [5.41, 5.74) is 1.17. The number of nitrogens with zero attached hydrogens (tertiary/aromatic N) is 3. The summed E-state index contributed by atoms with van der Waals surface area (Å²) < 4.78 is 6.38. The van der Waals surface area contributed by atoms with Crippen molar-refractivity contribution in [2.45, 2.75) is 64.1 Å². The van der Waals surface area contributed by atoms with Crippen LogP contribution in [-0.2, 0) is 0 Å². The zero-order valence-electron chi connectivity index (χ0n) is 22.9. The Morgan fingerprint density at radius 3 is 2.59 bits per heavy atom. The van der Waals surface area contributed by atoms with Crippen LogP contribution < -0.4 is 15.4 Å². The van der Waals surface area contributed by atoms with Crippen molar-refractivity contribution in [2.75, 3.05) is 32.1 Å². The Morgan fingerprint density at radius 1 is 1.18 bits per heavy atom. The van der Waals surface area contributed by atoms with E-state index in [9.17, 15) is 19.5 Å². The first-order chi connectivity index (χ1) is 18.8. The van der Waals surface area contributed by atoms with Crippen LogP contribution in [0.4, 0.5) is 10.5 Å². The van der Waals surface area contributed by atoms with Crippen molar-refractivity contribution in [3.05, 3.63) is 53.9 Å². The van der Waals surface area contributed by atoms with Gasteiger partial charge in [0.15, 0.2) is 0 Å². The van der Waals surface area contributed by atoms with Crippen LogP contribution in [0, 0.1) is 5.92 Å². The number of hydrogen-bond donors (Lipinski definition) is 3. The van der Waals surface area contributed by atoms with E-state index < -0.39 is 12.1 Å². The summed E-state index contributed by atoms with van der Waals surface area (Å²) in [5, 5.41) is 15.9. The van der Waals surface area contributed by atoms with E-state index in [1.807, 2.05) is 6.92 Å². The van der Waals surface area contributed by atoms with Crippen molar-refractivity contribution in [1.29, 1.82) is 0 Å². The molecule has 0 unspecified atom stereocenters. The standard InChI is InChI=1S/C29H39N5O5/c1-19-16-34(20(2)18-35)28(37)24-15-23(31-27(36)21-11-13-30-14-12-21)9-10-25(24)39-26(19)17-33(3)29(38)32-22-7-5-4-6-8-22/h9-15,19-20,22,26,35H,4-8,16-18H2,1-3H3,(H,31,36)(H,32,38)/t19-,20-,26+/m0/s1. The number of aliphatic hydroxyl groups is 1. The normalized spacial score (nSPS) is 20.6. The van der Waals surface area contributed by atoms with Gasteiger partial charge < -0.3 is 30.3 Å². The summed E-state index contributed by atoms with van der Waals surface area (Å²) in [4.78, 5) is 46.5. The van der Waals surface area contributed by atoms with Crippen LogP contribution in [0.15, 0.2) is 42.7 Å². The molecule has 2 heterocycles. The zero-order valence-corrected chi connectivity index (χ0v) is 22.9. The van der Waals surface area contributed by atoms with Crippen LogP contribution >= 0.6 is 0 Å². The third-order valence-corrected chi connectivity index (χ3v) is 7.60. The van der Waals surface area contributed by atoms with Gasteiger partial charge in [0.2, 0.25) is 0 Å². The number of fused-ring (bicyclic) bond motifs is 1. The summed E-state index contributed by atoms with van der Waals surface area (Å²) >= 11 is 0. The first-order valence-corrected chi connectivity index (χ1v) is 13.7. The average molecular weight is 538 g/mol. The molecule has 4 rings (SSSR count). The maximum atomic E-state index is 13.6. The molecule has 3 N–H and O–H groups in total. The lowest BCUT2D eigenvalue weighted by Gasteiger charge is -2.38. The minimum Gasteiger partial charge on any atom is -0.487 e. The maximum absolute atomic E-state index is 13.6. The molecule has 2 aliphatic rings. The molecule has 0 bridgehead atoms. The van der Waals surface area contributed by atoms with Crippen LogP contribution in [0.2, 0.25) is 0 Å². The van der Waals surface area contributed by atoms with Crippen LogP contribution in [0.25, 0.3) is 0 Å². The number of anilines is 1. The molecule has 10 heteroatoms. The SMILES string of the molecule is C[C@H]1CN([C@@H](C)CO)C(=O)c2cc(NC(=O)c3ccncc3)ccc2O[C@@H]1CN(C)C(=O)NC1CCCCC1. The third-order valence-electron chi connectivity index (χ3n) is 7.60. The predicted octanol–water partition coefficient (Wildman–Crippen LogP) is 3.53. The van der Waals surface area contributed by atoms with E-state index in [4.69, 9.17) is 4.74 Å². The van der Waals surface area contributed by atoms with Crippen LogP contribution in [0.1, 0.15) is 66.7 Å². The van der Waals surface area contributed by atoms with E-state index >= 15 is 0 Å². The van der Waals surface area contributed by atoms with Gasteiger partial charge >= 0.3 is 6.03 Å². The summed E-state index contributed by atoms with van der Waals surface area (Å²) in [6.45, 7) is 4.25. The Bertz CT molecular complexity index is 1150. The number of urea groups is 1. The number of carbonyl (C=O) groups is 3. The fraction of sp³-hybridized carbons (Fsp3) is 0.517. The molecule has 2 aromatic rings. The van der Waals surface area contributed by atoms with Crippen molar-refractivity contribution in [2.24, 2.45) is 5.92 Å². The van der Waals surface area contributed by atoms with Gasteiger partial charge in [-0.1, -0.05) is 26.2 Å². The molecule has 1 aliphatic carbocycles. The highest BCUT2D eigenvalue weighted by atomic mass is 16.5. The number of amides is 4. The summed E-state index contributed by atoms with van der Waals surface area (Å²) in [6.07, 6.45) is 8.15. The van der Waals surface area contributed by atoms with Crippen LogP contribution in [-0.4, -0.2) is 82.7 Å². The maximum Gasteiger partial charge on any atom is 0.317 e. The van der Waals surface area contributed by atoms with Gasteiger partial charge in [-0.25, -0.2) is 4.79 Å². The van der Waals surface area contributed by atoms with Crippen LogP contribution in [0.5, 0.6) is 5.75 Å². The molecule has 0 spiro atoms. The lowest BCUT2D eigenvalue weighted by molar-refractivity contribution is 0.0366. The lowest BCUT2D eigenvalue weighted by Crippen LogP contribution is -2.52. The van der Waals surface area contributed by atoms with E-state index in [1.165, 1.54) is 18.8 Å². The number of ether oxygens (including phenoxy) is 1. The van der Waals surface area contributed by atoms with Gasteiger partial charge in [0.25, 0.3) is 11.8 Å². The van der Waals surface area contributed by atoms with E-state index in [-0.39, 0.29) is 42.0 Å². The van der Waals surface area contributed by atoms with E-state index in [2.05, 4.69) is 15.6 Å². The molecular weight excluding hydrogens is 498 g/mol. The number of carbonyl (C=O) groups excluding carboxylic acids is 3. The zero-order chi connectivity index (χ0) is 27.9. The van der Waals surface area contributed by atoms with Gasteiger partial charge in [0.1, 0.15) is 11.9 Å². The topological polar surface area (TPSA) is 124 Å². The first-order valence-electron chi connectivity index (χ1n) is 13.7. The van der Waals surface area contributed by atoms with E-state index in [1.54, 1.807) is 54.1 Å². The predicted molar refractivity (Wildman–Crippen MR) is 148 cm³/mol. The number of aliphatic hydroxyl groups excluding tert-OH is 1. The highest BCUT2D eigenvalue weighted by molar-refractivity contribution is 6.05. The Hall–Kier alpha value is -3.66. The van der Waals surface area contributed by atoms with Crippen LogP contribution in [0.3, 0.4) is 0 Å². The van der Waals surface area contributed by atoms with E-state index in [0.29, 0.717) is 30.1 Å². The molecule has 1 fully saturated rings. The second-order valence-corrected chi connectivity index (χ2v) is 10.7. The molecule has 39 heavy (non-hydrogen) atoms. The molecule has 1 aliphatic heterocycles. The molecule has 0 saturated heterocycles. The van der Waals surface area contributed by atoms with Crippen molar-refractivity contribution in [3.8, 4) is 5.75 Å². The molecule has 4 amide bonds. The highest BCUT2D eigenvalue weighted by Crippen LogP contribution is 2.31. The Morgan fingerprint density at radius 2 is 1.90 bits per heavy atom. The van der Waals surface area contributed by atoms with Crippen molar-refractivity contribution < 1.29 is 24.2 Å². The Kier molecular flexibility index (Phi) is 9.40. The lowest BCUT2D eigenvalue weighted by atomic mass is 9.96. The van der Waals surface area contributed by atoms with Crippen molar-refractivity contribution in [1.82, 2.24) is 20.1 Å². The molecule has 1 aromatic carbocycles. The minimum absolute atomic E-state index is 0.118. The Labute approximate surface area is 229 Å². The third kappa shape index (κ3) is 7.06. The number of rotatable bonds is 7. The summed E-state index contributed by atoms with van der Waals surface area (Å²) in [5.74, 6) is -0.365. The number of aromatic nitrogens is 1. The van der Waals surface area contributed by atoms with Gasteiger partial charge in [-0.15, -0.1) is 0 Å². The number of nitrogens with one attached hydrogen (secondary N) is 2. The second-order valence-electron chi connectivity index (χ2n) is 10.7. The minimum atomic E-state index is -0.422. The highest BCUT2D eigenvalue weighted by Gasteiger charge is 2.34. The number of benzene rings is 1. The van der Waals surface area contributed by atoms with Gasteiger partial charge in [-0.05, 0) is 50.1 Å². The first kappa shape index (κ1) is 28.4. The Balaban J connectivity index is 1.56. The largest absolute Gasteiger partial charge is 0.487 e. The number of likely N-dealkylation sites (N-methyl/N-ethyl adjacent to an activating group) is 1. The molecule has 10 nitrogen and oxygen atoms in total. The molecular formula is C29H39N5O5. The number of hydrogen-bond acceptors (Lipinski definition) is 6. The quantitative estimate of drug-likeness (QED) is 0.497. The number of pyridine rings is 1. The fourth-order valence-corrected chi connectivity index (χ4v) is 5.11. The molecule has 3 atom stereocenters. The molecule has 1 aromatic heterocycles. The van der Waals surface area contributed by atoms with E-state index in [0.717, 1.165) is 25.7 Å². The van der Waals surface area contributed by atoms with Crippen molar-refractivity contribution in [3.63, 3.8) is 0 Å². The van der Waals surface area contributed by atoms with Gasteiger partial charge in [-0.3, -0.25) is 14.6 Å². The molecule has 210 valence electrons. The van der Waals surface area contributed by atoms with Gasteiger partial charge in [0.05, 0.1) is 24.8 Å². The van der Waals surface area contributed by atoms with Gasteiger partial charge in [0, 0.05) is 49.2 Å². The smallest absolute Gasteiger partial charge is 0.317 e. The second kappa shape index (κ2) is 12.9. The fourth-order valence-electron chi connectivity index (χ4n) is 5.11. The molecule has 1 saturated carbocycles. The molecule has 0 radical (unpaired) electrons. The summed E-state index contributed by atoms with van der Waals surface area (Å²) in [7, 11) is 1.75. The average Bonchev–Trinajstić information content (AvgIpc) is 2.95. The van der Waals surface area contributed by atoms with Gasteiger partial charge in [-0.2, -0.15) is 0 Å². The van der Waals surface area contributed by atoms with Crippen molar-refractivity contribution >= 4 is 23.5 Å². The summed E-state index contributed by atoms with van der Waals surface area (Å²) in [6, 6.07) is 7.81.